The molecule has 0 aliphatic heterocycles. The fraction of sp³-hybridized carbons (Fsp3) is 0.0769. The SMILES string of the molecule is Cc1ccc(Nc2ccc([N+](=O)[O-])c(I)c2)c(Cl)c1. The average Bonchev–Trinajstić information content (AvgIpc) is 2.32. The van der Waals surface area contributed by atoms with E-state index >= 15 is 0 Å². The number of nitrogens with zero attached hydrogens (tertiary/aromatic N) is 1. The van der Waals surface area contributed by atoms with E-state index < -0.39 is 4.92 Å². The Kier molecular flexibility index (Phi) is 4.26. The van der Waals surface area contributed by atoms with E-state index in [-0.39, 0.29) is 5.69 Å². The molecule has 0 fully saturated rings. The molecule has 4 nitrogen and oxygen atoms in total. The molecule has 0 amide bonds. The fourth-order valence-electron chi connectivity index (χ4n) is 1.61. The zero-order chi connectivity index (χ0) is 14.0. The van der Waals surface area contributed by atoms with Crippen molar-refractivity contribution >= 4 is 51.3 Å². The zero-order valence-corrected chi connectivity index (χ0v) is 12.9. The molecule has 2 aromatic rings. The number of nitrogens with one attached hydrogen (secondary N) is 1. The lowest BCUT2D eigenvalue weighted by Crippen LogP contribution is -1.95. The van der Waals surface area contributed by atoms with Gasteiger partial charge in [0.25, 0.3) is 5.69 Å². The van der Waals surface area contributed by atoms with Crippen molar-refractivity contribution in [3.63, 3.8) is 0 Å². The predicted octanol–water partition coefficient (Wildman–Crippen LogP) is 4.90. The summed E-state index contributed by atoms with van der Waals surface area (Å²) in [7, 11) is 0. The summed E-state index contributed by atoms with van der Waals surface area (Å²) in [5.74, 6) is 0. The van der Waals surface area contributed by atoms with Crippen LogP contribution in [0.1, 0.15) is 5.56 Å². The maximum absolute atomic E-state index is 10.7. The first-order chi connectivity index (χ1) is 8.97. The Morgan fingerprint density at radius 2 is 2.00 bits per heavy atom. The summed E-state index contributed by atoms with van der Waals surface area (Å²) in [5, 5.41) is 14.5. The number of anilines is 2. The Morgan fingerprint density at radius 3 is 2.58 bits per heavy atom. The summed E-state index contributed by atoms with van der Waals surface area (Å²) >= 11 is 8.07. The van der Waals surface area contributed by atoms with Gasteiger partial charge in [0.2, 0.25) is 0 Å². The lowest BCUT2D eigenvalue weighted by molar-refractivity contribution is -0.385. The second kappa shape index (κ2) is 5.75. The van der Waals surface area contributed by atoms with Gasteiger partial charge in [0.05, 0.1) is 19.2 Å². The van der Waals surface area contributed by atoms with E-state index in [0.717, 1.165) is 16.9 Å². The Hall–Kier alpha value is -1.34. The van der Waals surface area contributed by atoms with Crippen LogP contribution in [0.25, 0.3) is 0 Å². The van der Waals surface area contributed by atoms with Crippen molar-refractivity contribution in [1.29, 1.82) is 0 Å². The third-order valence-electron chi connectivity index (χ3n) is 2.55. The van der Waals surface area contributed by atoms with Gasteiger partial charge in [-0.2, -0.15) is 0 Å². The quantitative estimate of drug-likeness (QED) is 0.462. The normalized spacial score (nSPS) is 10.3. The van der Waals surface area contributed by atoms with Crippen LogP contribution in [-0.2, 0) is 0 Å². The lowest BCUT2D eigenvalue weighted by Gasteiger charge is -2.09. The maximum Gasteiger partial charge on any atom is 0.282 e. The number of hydrogen-bond acceptors (Lipinski definition) is 3. The topological polar surface area (TPSA) is 55.2 Å². The summed E-state index contributed by atoms with van der Waals surface area (Å²) in [5.41, 5.74) is 2.72. The van der Waals surface area contributed by atoms with Gasteiger partial charge in [0, 0.05) is 11.8 Å². The lowest BCUT2D eigenvalue weighted by atomic mass is 10.2. The third kappa shape index (κ3) is 3.36. The van der Waals surface area contributed by atoms with Gasteiger partial charge >= 0.3 is 0 Å². The first-order valence-electron chi connectivity index (χ1n) is 5.44. The van der Waals surface area contributed by atoms with Crippen LogP contribution in [-0.4, -0.2) is 4.92 Å². The van der Waals surface area contributed by atoms with Crippen molar-refractivity contribution in [2.75, 3.05) is 5.32 Å². The summed E-state index contributed by atoms with van der Waals surface area (Å²) < 4.78 is 0.579. The molecule has 2 rings (SSSR count). The summed E-state index contributed by atoms with van der Waals surface area (Å²) in [4.78, 5) is 10.3. The molecule has 0 radical (unpaired) electrons. The molecule has 0 bridgehead atoms. The van der Waals surface area contributed by atoms with Gasteiger partial charge in [-0.25, -0.2) is 0 Å². The van der Waals surface area contributed by atoms with Crippen LogP contribution in [0.5, 0.6) is 0 Å². The van der Waals surface area contributed by atoms with Crippen LogP contribution in [0.3, 0.4) is 0 Å². The Bertz CT molecular complexity index is 647. The van der Waals surface area contributed by atoms with E-state index in [4.69, 9.17) is 11.6 Å². The Morgan fingerprint density at radius 1 is 1.26 bits per heavy atom. The highest BCUT2D eigenvalue weighted by Crippen LogP contribution is 2.29. The highest BCUT2D eigenvalue weighted by molar-refractivity contribution is 14.1. The molecule has 0 saturated heterocycles. The van der Waals surface area contributed by atoms with Crippen molar-refractivity contribution in [1.82, 2.24) is 0 Å². The summed E-state index contributed by atoms with van der Waals surface area (Å²) in [6, 6.07) is 10.5. The van der Waals surface area contributed by atoms with E-state index in [1.807, 2.05) is 47.7 Å². The minimum absolute atomic E-state index is 0.0983. The van der Waals surface area contributed by atoms with Gasteiger partial charge in [0.15, 0.2) is 0 Å². The minimum atomic E-state index is -0.398. The molecule has 6 heteroatoms. The van der Waals surface area contributed by atoms with Gasteiger partial charge in [0.1, 0.15) is 0 Å². The average molecular weight is 389 g/mol. The molecule has 2 aromatic carbocycles. The number of aryl methyl sites for hydroxylation is 1. The monoisotopic (exact) mass is 388 g/mol. The smallest absolute Gasteiger partial charge is 0.282 e. The molecule has 0 aliphatic rings. The second-order valence-corrected chi connectivity index (χ2v) is 5.60. The summed E-state index contributed by atoms with van der Waals surface area (Å²) in [6.07, 6.45) is 0. The molecule has 0 saturated carbocycles. The minimum Gasteiger partial charge on any atom is -0.354 e. The molecule has 1 N–H and O–H groups in total. The second-order valence-electron chi connectivity index (χ2n) is 4.03. The van der Waals surface area contributed by atoms with Gasteiger partial charge in [-0.3, -0.25) is 10.1 Å². The number of nitro groups is 1. The highest BCUT2D eigenvalue weighted by atomic mass is 127. The molecule has 0 aliphatic carbocycles. The first-order valence-corrected chi connectivity index (χ1v) is 6.90. The highest BCUT2D eigenvalue weighted by Gasteiger charge is 2.12. The van der Waals surface area contributed by atoms with Crippen LogP contribution in [0, 0.1) is 20.6 Å². The third-order valence-corrected chi connectivity index (χ3v) is 3.72. The van der Waals surface area contributed by atoms with Gasteiger partial charge < -0.3 is 5.32 Å². The zero-order valence-electron chi connectivity index (χ0n) is 9.98. The first kappa shape index (κ1) is 14.1. The largest absolute Gasteiger partial charge is 0.354 e. The predicted molar refractivity (Wildman–Crippen MR) is 85.3 cm³/mol. The Labute approximate surface area is 129 Å². The van der Waals surface area contributed by atoms with Crippen molar-refractivity contribution < 1.29 is 4.92 Å². The van der Waals surface area contributed by atoms with Crippen LogP contribution >= 0.6 is 34.2 Å². The van der Waals surface area contributed by atoms with Crippen LogP contribution in [0.4, 0.5) is 17.1 Å². The van der Waals surface area contributed by atoms with Crippen molar-refractivity contribution in [2.24, 2.45) is 0 Å². The van der Waals surface area contributed by atoms with E-state index in [0.29, 0.717) is 8.59 Å². The van der Waals surface area contributed by atoms with E-state index in [1.54, 1.807) is 12.1 Å². The maximum atomic E-state index is 10.7. The van der Waals surface area contributed by atoms with Crippen molar-refractivity contribution in [3.8, 4) is 0 Å². The van der Waals surface area contributed by atoms with Gasteiger partial charge in [-0.1, -0.05) is 17.7 Å². The molecule has 0 heterocycles. The van der Waals surface area contributed by atoms with Gasteiger partial charge in [-0.15, -0.1) is 0 Å². The molecule has 0 spiro atoms. The number of rotatable bonds is 3. The molecule has 98 valence electrons. The fourth-order valence-corrected chi connectivity index (χ4v) is 2.60. The standard InChI is InChI=1S/C13H10ClIN2O2/c1-8-2-4-12(10(14)6-8)16-9-3-5-13(17(18)19)11(15)7-9/h2-7,16H,1H3. The van der Waals surface area contributed by atoms with Crippen LogP contribution < -0.4 is 5.32 Å². The number of halogens is 2. The van der Waals surface area contributed by atoms with Gasteiger partial charge in [-0.05, 0) is 59.3 Å². The number of nitro benzene ring substituents is 1. The van der Waals surface area contributed by atoms with Crippen molar-refractivity contribution in [2.45, 2.75) is 6.92 Å². The molecule has 0 unspecified atom stereocenters. The van der Waals surface area contributed by atoms with Crippen LogP contribution in [0.2, 0.25) is 5.02 Å². The molecule has 0 atom stereocenters. The van der Waals surface area contributed by atoms with E-state index in [2.05, 4.69) is 5.32 Å². The Balaban J connectivity index is 2.29. The number of hydrogen-bond donors (Lipinski definition) is 1. The molecular weight excluding hydrogens is 379 g/mol. The molecular formula is C13H10ClIN2O2. The van der Waals surface area contributed by atoms with Crippen LogP contribution in [0.15, 0.2) is 36.4 Å². The van der Waals surface area contributed by atoms with Crippen molar-refractivity contribution in [3.05, 3.63) is 60.7 Å². The molecule has 0 aromatic heterocycles. The summed E-state index contributed by atoms with van der Waals surface area (Å²) in [6.45, 7) is 1.96. The number of benzene rings is 2. The van der Waals surface area contributed by atoms with E-state index in [9.17, 15) is 10.1 Å². The molecule has 19 heavy (non-hydrogen) atoms. The van der Waals surface area contributed by atoms with E-state index in [1.165, 1.54) is 6.07 Å².